The second-order valence-electron chi connectivity index (χ2n) is 7.13. The Morgan fingerprint density at radius 1 is 1.19 bits per heavy atom. The smallest absolute Gasteiger partial charge is 0.345 e. The highest BCUT2D eigenvalue weighted by molar-refractivity contribution is 7.91. The fourth-order valence-electron chi connectivity index (χ4n) is 2.84. The molecule has 0 bridgehead atoms. The first-order chi connectivity index (χ1) is 14.9. The average Bonchev–Trinajstić information content (AvgIpc) is 2.72. The molecule has 0 atom stereocenters. The standard InChI is InChI=1S/C21H20ClF2N3O4S/c1-4-21(23,24)32(29,30)12-15-10-17(14-8-9-18(28)27(3)11-14)26-20(25-15)31-19-13(2)6-5-7-16(19)22/h5-11H,4,12H2,1-3H3. The van der Waals surface area contributed by atoms with Crippen LogP contribution >= 0.6 is 11.6 Å². The van der Waals surface area contributed by atoms with Gasteiger partial charge in [0.1, 0.15) is 0 Å². The van der Waals surface area contributed by atoms with Gasteiger partial charge in [-0.25, -0.2) is 8.42 Å². The molecule has 0 saturated heterocycles. The summed E-state index contributed by atoms with van der Waals surface area (Å²) >= 11 is 6.19. The summed E-state index contributed by atoms with van der Waals surface area (Å²) in [7, 11) is -3.31. The van der Waals surface area contributed by atoms with Crippen molar-refractivity contribution in [3.63, 3.8) is 0 Å². The van der Waals surface area contributed by atoms with E-state index in [4.69, 9.17) is 16.3 Å². The lowest BCUT2D eigenvalue weighted by Crippen LogP contribution is -2.29. The second kappa shape index (κ2) is 8.95. The van der Waals surface area contributed by atoms with Crippen molar-refractivity contribution in [1.82, 2.24) is 14.5 Å². The van der Waals surface area contributed by atoms with Gasteiger partial charge in [-0.3, -0.25) is 4.79 Å². The Hall–Kier alpha value is -2.85. The third-order valence-electron chi connectivity index (χ3n) is 4.70. The lowest BCUT2D eigenvalue weighted by Gasteiger charge is -2.16. The number of benzene rings is 1. The Balaban J connectivity index is 2.13. The summed E-state index contributed by atoms with van der Waals surface area (Å²) in [6, 6.07) is 8.84. The minimum Gasteiger partial charge on any atom is -0.422 e. The molecule has 1 aromatic carbocycles. The summed E-state index contributed by atoms with van der Waals surface area (Å²) in [6.45, 7) is 2.83. The van der Waals surface area contributed by atoms with Crippen LogP contribution < -0.4 is 10.3 Å². The van der Waals surface area contributed by atoms with Crippen LogP contribution in [0.25, 0.3) is 11.3 Å². The first-order valence-corrected chi connectivity index (χ1v) is 11.5. The summed E-state index contributed by atoms with van der Waals surface area (Å²) in [5, 5.41) is -3.64. The van der Waals surface area contributed by atoms with E-state index in [1.165, 1.54) is 36.0 Å². The second-order valence-corrected chi connectivity index (χ2v) is 9.65. The van der Waals surface area contributed by atoms with Crippen LogP contribution in [0.2, 0.25) is 5.02 Å². The van der Waals surface area contributed by atoms with Crippen molar-refractivity contribution < 1.29 is 21.9 Å². The number of pyridine rings is 1. The number of rotatable bonds is 7. The maximum Gasteiger partial charge on any atom is 0.345 e. The monoisotopic (exact) mass is 483 g/mol. The van der Waals surface area contributed by atoms with Crippen LogP contribution in [0.1, 0.15) is 24.6 Å². The Kier molecular flexibility index (Phi) is 6.66. The SMILES string of the molecule is CCC(F)(F)S(=O)(=O)Cc1cc(-c2ccc(=O)n(C)c2)nc(Oc2c(C)cccc2Cl)n1. The molecule has 32 heavy (non-hydrogen) atoms. The largest absolute Gasteiger partial charge is 0.422 e. The van der Waals surface area contributed by atoms with Gasteiger partial charge in [0.15, 0.2) is 5.75 Å². The molecule has 0 fully saturated rings. The molecule has 170 valence electrons. The molecule has 11 heteroatoms. The zero-order valence-electron chi connectivity index (χ0n) is 17.5. The van der Waals surface area contributed by atoms with Gasteiger partial charge in [-0.1, -0.05) is 30.7 Å². The lowest BCUT2D eigenvalue weighted by atomic mass is 10.2. The molecule has 0 N–H and O–H groups in total. The van der Waals surface area contributed by atoms with E-state index in [1.54, 1.807) is 25.1 Å². The van der Waals surface area contributed by atoms with Crippen molar-refractivity contribution in [1.29, 1.82) is 0 Å². The third-order valence-corrected chi connectivity index (χ3v) is 6.87. The van der Waals surface area contributed by atoms with E-state index in [2.05, 4.69) is 9.97 Å². The van der Waals surface area contributed by atoms with E-state index >= 15 is 0 Å². The summed E-state index contributed by atoms with van der Waals surface area (Å²) in [5.41, 5.74) is 0.852. The minimum atomic E-state index is -4.84. The van der Waals surface area contributed by atoms with Crippen molar-refractivity contribution in [2.45, 2.75) is 31.3 Å². The molecule has 2 aromatic heterocycles. The van der Waals surface area contributed by atoms with Crippen LogP contribution in [-0.4, -0.2) is 28.2 Å². The van der Waals surface area contributed by atoms with E-state index < -0.39 is 27.3 Å². The Labute approximate surface area is 188 Å². The molecule has 0 unspecified atom stereocenters. The highest BCUT2D eigenvalue weighted by Gasteiger charge is 2.43. The quantitative estimate of drug-likeness (QED) is 0.491. The lowest BCUT2D eigenvalue weighted by molar-refractivity contribution is 0.0875. The predicted octanol–water partition coefficient (Wildman–Crippen LogP) is 4.51. The molecule has 2 heterocycles. The summed E-state index contributed by atoms with van der Waals surface area (Å²) in [5.74, 6) is -0.771. The Morgan fingerprint density at radius 3 is 2.53 bits per heavy atom. The number of hydrogen-bond donors (Lipinski definition) is 0. The van der Waals surface area contributed by atoms with Crippen molar-refractivity contribution in [3.05, 3.63) is 69.2 Å². The van der Waals surface area contributed by atoms with Gasteiger partial charge in [-0.15, -0.1) is 0 Å². The molecule has 3 aromatic rings. The van der Waals surface area contributed by atoms with Crippen LogP contribution in [0.4, 0.5) is 8.78 Å². The first kappa shape index (κ1) is 23.8. The minimum absolute atomic E-state index is 0.184. The number of aromatic nitrogens is 3. The van der Waals surface area contributed by atoms with E-state index in [0.717, 1.165) is 6.92 Å². The number of para-hydroxylation sites is 1. The highest BCUT2D eigenvalue weighted by atomic mass is 35.5. The zero-order chi connectivity index (χ0) is 23.7. The van der Waals surface area contributed by atoms with Gasteiger partial charge in [-0.2, -0.15) is 18.7 Å². The van der Waals surface area contributed by atoms with Crippen LogP contribution in [0, 0.1) is 6.92 Å². The van der Waals surface area contributed by atoms with E-state index in [-0.39, 0.29) is 33.7 Å². The molecule has 0 radical (unpaired) electrons. The molecular weight excluding hydrogens is 464 g/mol. The van der Waals surface area contributed by atoms with Gasteiger partial charge < -0.3 is 9.30 Å². The van der Waals surface area contributed by atoms with Crippen molar-refractivity contribution in [3.8, 4) is 23.0 Å². The topological polar surface area (TPSA) is 91.2 Å². The van der Waals surface area contributed by atoms with Gasteiger partial charge in [0.25, 0.3) is 0 Å². The summed E-state index contributed by atoms with van der Waals surface area (Å²) < 4.78 is 59.5. The summed E-state index contributed by atoms with van der Waals surface area (Å²) in [4.78, 5) is 20.0. The van der Waals surface area contributed by atoms with Gasteiger partial charge >= 0.3 is 11.3 Å². The fourth-order valence-corrected chi connectivity index (χ4v) is 4.29. The van der Waals surface area contributed by atoms with E-state index in [0.29, 0.717) is 11.1 Å². The van der Waals surface area contributed by atoms with Crippen molar-refractivity contribution >= 4 is 21.4 Å². The number of halogens is 3. The summed E-state index contributed by atoms with van der Waals surface area (Å²) in [6.07, 6.45) is 0.615. The first-order valence-electron chi connectivity index (χ1n) is 9.51. The van der Waals surface area contributed by atoms with Gasteiger partial charge in [-0.05, 0) is 30.7 Å². The molecule has 0 saturated carbocycles. The van der Waals surface area contributed by atoms with Gasteiger partial charge in [0, 0.05) is 31.3 Å². The number of alkyl halides is 2. The molecule has 0 aliphatic heterocycles. The molecule has 0 aliphatic carbocycles. The van der Waals surface area contributed by atoms with Crippen molar-refractivity contribution in [2.24, 2.45) is 7.05 Å². The number of hydrogen-bond acceptors (Lipinski definition) is 6. The molecular formula is C21H20ClF2N3O4S. The highest BCUT2D eigenvalue weighted by Crippen LogP contribution is 2.33. The Bertz CT molecular complexity index is 1310. The van der Waals surface area contributed by atoms with Crippen LogP contribution in [0.15, 0.2) is 47.4 Å². The molecule has 0 spiro atoms. The zero-order valence-corrected chi connectivity index (χ0v) is 19.0. The van der Waals surface area contributed by atoms with Crippen LogP contribution in [-0.2, 0) is 22.6 Å². The fraction of sp³-hybridized carbons (Fsp3) is 0.286. The Morgan fingerprint density at radius 2 is 1.91 bits per heavy atom. The molecule has 7 nitrogen and oxygen atoms in total. The molecule has 0 amide bonds. The van der Waals surface area contributed by atoms with Gasteiger partial charge in [0.2, 0.25) is 15.4 Å². The maximum atomic E-state index is 14.0. The van der Waals surface area contributed by atoms with Crippen LogP contribution in [0.3, 0.4) is 0 Å². The number of aryl methyl sites for hydroxylation is 2. The molecule has 0 aliphatic rings. The van der Waals surface area contributed by atoms with E-state index in [9.17, 15) is 22.0 Å². The molecule has 3 rings (SSSR count). The predicted molar refractivity (Wildman–Crippen MR) is 117 cm³/mol. The van der Waals surface area contributed by atoms with Crippen molar-refractivity contribution in [2.75, 3.05) is 0 Å². The van der Waals surface area contributed by atoms with Crippen LogP contribution in [0.5, 0.6) is 11.8 Å². The maximum absolute atomic E-state index is 14.0. The number of nitrogens with zero attached hydrogens (tertiary/aromatic N) is 3. The average molecular weight is 484 g/mol. The number of ether oxygens (including phenoxy) is 1. The number of sulfone groups is 1. The van der Waals surface area contributed by atoms with Gasteiger partial charge in [0.05, 0.1) is 22.2 Å². The third kappa shape index (κ3) is 4.97. The van der Waals surface area contributed by atoms with E-state index in [1.807, 2.05) is 0 Å². The normalized spacial score (nSPS) is 12.1.